The van der Waals surface area contributed by atoms with Crippen molar-refractivity contribution in [3.05, 3.63) is 63.8 Å². The van der Waals surface area contributed by atoms with Gasteiger partial charge in [0.2, 0.25) is 5.78 Å². The fourth-order valence-electron chi connectivity index (χ4n) is 2.86. The molecule has 2 aromatic heterocycles. The second kappa shape index (κ2) is 6.94. The SMILES string of the molecule is Cc1cc(C(=O)COc2ccc3ccc(=O)oc3c2)c(C)n1CC(F)(F)F. The molecule has 0 atom stereocenters. The predicted octanol–water partition coefficient (Wildman–Crippen LogP) is 4.04. The molecule has 0 amide bonds. The van der Waals surface area contributed by atoms with Gasteiger partial charge < -0.3 is 13.7 Å². The number of ether oxygens (including phenoxy) is 1. The highest BCUT2D eigenvalue weighted by molar-refractivity contribution is 5.98. The Morgan fingerprint density at radius 3 is 2.56 bits per heavy atom. The van der Waals surface area contributed by atoms with Crippen LogP contribution in [0.25, 0.3) is 11.0 Å². The number of hydrogen-bond donors (Lipinski definition) is 0. The van der Waals surface area contributed by atoms with Gasteiger partial charge in [0.05, 0.1) is 0 Å². The summed E-state index contributed by atoms with van der Waals surface area (Å²) in [5.41, 5.74) is 0.580. The van der Waals surface area contributed by atoms with Gasteiger partial charge in [-0.1, -0.05) is 0 Å². The molecule has 0 fully saturated rings. The molecule has 2 heterocycles. The average Bonchev–Trinajstić information content (AvgIpc) is 2.86. The molecule has 5 nitrogen and oxygen atoms in total. The molecule has 0 aliphatic heterocycles. The number of fused-ring (bicyclic) bond motifs is 1. The van der Waals surface area contributed by atoms with Crippen molar-refractivity contribution in [2.24, 2.45) is 0 Å². The highest BCUT2D eigenvalue weighted by Crippen LogP contribution is 2.24. The molecule has 27 heavy (non-hydrogen) atoms. The zero-order chi connectivity index (χ0) is 19.8. The summed E-state index contributed by atoms with van der Waals surface area (Å²) < 4.78 is 49.6. The topological polar surface area (TPSA) is 61.4 Å². The minimum atomic E-state index is -4.37. The third kappa shape index (κ3) is 4.21. The van der Waals surface area contributed by atoms with Crippen molar-refractivity contribution >= 4 is 16.8 Å². The Balaban J connectivity index is 1.76. The van der Waals surface area contributed by atoms with Crippen LogP contribution in [-0.2, 0) is 6.54 Å². The largest absolute Gasteiger partial charge is 0.485 e. The van der Waals surface area contributed by atoms with Gasteiger partial charge >= 0.3 is 11.8 Å². The number of Topliss-reactive ketones (excluding diaryl/α,β-unsaturated/α-hetero) is 1. The van der Waals surface area contributed by atoms with Gasteiger partial charge in [-0.25, -0.2) is 4.79 Å². The van der Waals surface area contributed by atoms with E-state index in [1.807, 2.05) is 0 Å². The number of aromatic nitrogens is 1. The Morgan fingerprint density at radius 2 is 1.85 bits per heavy atom. The van der Waals surface area contributed by atoms with Gasteiger partial charge in [0.15, 0.2) is 6.61 Å². The van der Waals surface area contributed by atoms with E-state index < -0.39 is 24.1 Å². The molecule has 0 aliphatic carbocycles. The fourth-order valence-corrected chi connectivity index (χ4v) is 2.86. The van der Waals surface area contributed by atoms with E-state index in [4.69, 9.17) is 9.15 Å². The van der Waals surface area contributed by atoms with Gasteiger partial charge in [-0.3, -0.25) is 4.79 Å². The van der Waals surface area contributed by atoms with E-state index in [1.54, 1.807) is 18.2 Å². The molecule has 0 bridgehead atoms. The fraction of sp³-hybridized carbons (Fsp3) is 0.263. The lowest BCUT2D eigenvalue weighted by Gasteiger charge is -2.12. The van der Waals surface area contributed by atoms with Crippen LogP contribution >= 0.6 is 0 Å². The lowest BCUT2D eigenvalue weighted by molar-refractivity contribution is -0.141. The van der Waals surface area contributed by atoms with Crippen LogP contribution in [0.3, 0.4) is 0 Å². The third-order valence-corrected chi connectivity index (χ3v) is 4.18. The van der Waals surface area contributed by atoms with Gasteiger partial charge in [0.25, 0.3) is 0 Å². The van der Waals surface area contributed by atoms with Crippen LogP contribution < -0.4 is 10.4 Å². The first kappa shape index (κ1) is 18.8. The van der Waals surface area contributed by atoms with Crippen LogP contribution in [0.15, 0.2) is 45.6 Å². The molecule has 0 aliphatic rings. The number of carbonyl (C=O) groups is 1. The van der Waals surface area contributed by atoms with Gasteiger partial charge in [0.1, 0.15) is 17.9 Å². The van der Waals surface area contributed by atoms with Crippen molar-refractivity contribution in [1.82, 2.24) is 4.57 Å². The summed E-state index contributed by atoms with van der Waals surface area (Å²) in [6.45, 7) is 1.49. The standard InChI is InChI=1S/C19H16F3NO4/c1-11-7-15(12(2)23(11)10-19(20,21)22)16(24)9-26-14-5-3-13-4-6-18(25)27-17(13)8-14/h3-8H,9-10H2,1-2H3. The first-order valence-electron chi connectivity index (χ1n) is 8.07. The van der Waals surface area contributed by atoms with E-state index in [0.717, 1.165) is 4.57 Å². The number of ketones is 1. The molecule has 0 saturated heterocycles. The average molecular weight is 379 g/mol. The Kier molecular flexibility index (Phi) is 4.82. The first-order valence-corrected chi connectivity index (χ1v) is 8.07. The van der Waals surface area contributed by atoms with Gasteiger partial charge in [-0.2, -0.15) is 13.2 Å². The third-order valence-electron chi connectivity index (χ3n) is 4.18. The molecule has 0 N–H and O–H groups in total. The smallest absolute Gasteiger partial charge is 0.406 e. The van der Waals surface area contributed by atoms with Crippen LogP contribution in [0.2, 0.25) is 0 Å². The second-order valence-electron chi connectivity index (χ2n) is 6.15. The molecule has 0 unspecified atom stereocenters. The van der Waals surface area contributed by atoms with Gasteiger partial charge in [0, 0.05) is 34.5 Å². The number of hydrogen-bond acceptors (Lipinski definition) is 4. The minimum Gasteiger partial charge on any atom is -0.485 e. The number of carbonyl (C=O) groups excluding carboxylic acids is 1. The number of alkyl halides is 3. The van der Waals surface area contributed by atoms with Crippen LogP contribution in [0.1, 0.15) is 21.7 Å². The number of rotatable bonds is 5. The van der Waals surface area contributed by atoms with Crippen LogP contribution in [-0.4, -0.2) is 23.1 Å². The maximum absolute atomic E-state index is 12.7. The van der Waals surface area contributed by atoms with Crippen molar-refractivity contribution < 1.29 is 27.1 Å². The van der Waals surface area contributed by atoms with Gasteiger partial charge in [-0.15, -0.1) is 0 Å². The highest BCUT2D eigenvalue weighted by Gasteiger charge is 2.30. The second-order valence-corrected chi connectivity index (χ2v) is 6.15. The summed E-state index contributed by atoms with van der Waals surface area (Å²) in [6, 6.07) is 9.09. The van der Waals surface area contributed by atoms with Crippen molar-refractivity contribution in [3.8, 4) is 5.75 Å². The van der Waals surface area contributed by atoms with Crippen molar-refractivity contribution in [2.45, 2.75) is 26.6 Å². The quantitative estimate of drug-likeness (QED) is 0.496. The van der Waals surface area contributed by atoms with E-state index in [9.17, 15) is 22.8 Å². The van der Waals surface area contributed by atoms with Crippen LogP contribution in [0.4, 0.5) is 13.2 Å². The van der Waals surface area contributed by atoms with Crippen molar-refractivity contribution in [3.63, 3.8) is 0 Å². The summed E-state index contributed by atoms with van der Waals surface area (Å²) in [5.74, 6) is -0.125. The molecule has 142 valence electrons. The summed E-state index contributed by atoms with van der Waals surface area (Å²) in [6.07, 6.45) is -4.37. The van der Waals surface area contributed by atoms with E-state index in [-0.39, 0.29) is 17.9 Å². The van der Waals surface area contributed by atoms with Gasteiger partial charge in [-0.05, 0) is 38.1 Å². The Morgan fingerprint density at radius 1 is 1.15 bits per heavy atom. The monoisotopic (exact) mass is 379 g/mol. The van der Waals surface area contributed by atoms with Crippen LogP contribution in [0, 0.1) is 13.8 Å². The number of nitrogens with zero attached hydrogens (tertiary/aromatic N) is 1. The van der Waals surface area contributed by atoms with Crippen molar-refractivity contribution in [1.29, 1.82) is 0 Å². The maximum atomic E-state index is 12.7. The molecule has 0 spiro atoms. The number of halogens is 3. The molecule has 8 heteroatoms. The highest BCUT2D eigenvalue weighted by atomic mass is 19.4. The summed E-state index contributed by atoms with van der Waals surface area (Å²) in [4.78, 5) is 23.7. The number of benzene rings is 1. The normalized spacial score (nSPS) is 11.7. The zero-order valence-electron chi connectivity index (χ0n) is 14.6. The molecule has 0 radical (unpaired) electrons. The first-order chi connectivity index (χ1) is 12.6. The van der Waals surface area contributed by atoms with Crippen LogP contribution in [0.5, 0.6) is 5.75 Å². The maximum Gasteiger partial charge on any atom is 0.406 e. The Hall–Kier alpha value is -3.03. The Bertz CT molecular complexity index is 1060. The lowest BCUT2D eigenvalue weighted by atomic mass is 10.1. The lowest BCUT2D eigenvalue weighted by Crippen LogP contribution is -2.20. The number of aryl methyl sites for hydroxylation is 1. The van der Waals surface area contributed by atoms with E-state index in [2.05, 4.69) is 0 Å². The van der Waals surface area contributed by atoms with E-state index in [0.29, 0.717) is 22.4 Å². The molecule has 3 rings (SSSR count). The predicted molar refractivity (Wildman–Crippen MR) is 92.3 cm³/mol. The molecular weight excluding hydrogens is 363 g/mol. The Labute approximate surface area is 152 Å². The minimum absolute atomic E-state index is 0.184. The summed E-state index contributed by atoms with van der Waals surface area (Å²) in [5, 5.41) is 0.698. The molecule has 3 aromatic rings. The van der Waals surface area contributed by atoms with E-state index in [1.165, 1.54) is 32.0 Å². The molecular formula is C19H16F3NO4. The zero-order valence-corrected chi connectivity index (χ0v) is 14.6. The summed E-state index contributed by atoms with van der Waals surface area (Å²) in [7, 11) is 0. The summed E-state index contributed by atoms with van der Waals surface area (Å²) >= 11 is 0. The van der Waals surface area contributed by atoms with E-state index >= 15 is 0 Å². The molecule has 0 saturated carbocycles. The van der Waals surface area contributed by atoms with Crippen molar-refractivity contribution in [2.75, 3.05) is 6.61 Å². The molecule has 1 aromatic carbocycles.